The third-order valence-corrected chi connectivity index (χ3v) is 4.62. The Hall–Kier alpha value is -3.01. The van der Waals surface area contributed by atoms with Gasteiger partial charge in [0.25, 0.3) is 5.91 Å². The number of nitrogens with zero attached hydrogens (tertiary/aromatic N) is 1. The predicted molar refractivity (Wildman–Crippen MR) is 97.3 cm³/mol. The van der Waals surface area contributed by atoms with Crippen molar-refractivity contribution >= 4 is 34.1 Å². The van der Waals surface area contributed by atoms with E-state index < -0.39 is 0 Å². The number of carbonyl (C=O) groups excluding carboxylic acids is 1. The van der Waals surface area contributed by atoms with E-state index in [1.807, 2.05) is 56.6 Å². The number of nitrogens with one attached hydrogen (secondary N) is 1. The Kier molecular flexibility index (Phi) is 3.20. The summed E-state index contributed by atoms with van der Waals surface area (Å²) in [6.07, 6.45) is 3.89. The number of para-hydroxylation sites is 1. The molecule has 1 amide bonds. The molecule has 0 spiro atoms. The van der Waals surface area contributed by atoms with Gasteiger partial charge in [-0.2, -0.15) is 0 Å². The van der Waals surface area contributed by atoms with Crippen molar-refractivity contribution in [3.05, 3.63) is 59.3 Å². The number of amides is 1. The van der Waals surface area contributed by atoms with E-state index in [0.717, 1.165) is 39.0 Å². The number of rotatable bonds is 2. The summed E-state index contributed by atoms with van der Waals surface area (Å²) in [7, 11) is 3.48. The maximum absolute atomic E-state index is 12.6. The summed E-state index contributed by atoms with van der Waals surface area (Å²) in [5.41, 5.74) is 5.73. The third kappa shape index (κ3) is 2.03. The SMILES string of the molecule is COc1cc2c(/C=C3/C(=O)N(C)c4ccccc43)c[nH]c2cc1C. The van der Waals surface area contributed by atoms with Gasteiger partial charge in [-0.1, -0.05) is 18.2 Å². The molecule has 1 aromatic heterocycles. The van der Waals surface area contributed by atoms with Crippen LogP contribution in [0.2, 0.25) is 0 Å². The summed E-state index contributed by atoms with van der Waals surface area (Å²) < 4.78 is 5.43. The van der Waals surface area contributed by atoms with Crippen molar-refractivity contribution in [3.63, 3.8) is 0 Å². The molecule has 0 fully saturated rings. The van der Waals surface area contributed by atoms with Crippen LogP contribution in [0.5, 0.6) is 5.75 Å². The van der Waals surface area contributed by atoms with Crippen molar-refractivity contribution in [1.29, 1.82) is 0 Å². The van der Waals surface area contributed by atoms with Crippen LogP contribution in [0.15, 0.2) is 42.6 Å². The number of hydrogen-bond donors (Lipinski definition) is 1. The van der Waals surface area contributed by atoms with Crippen LogP contribution in [0.4, 0.5) is 5.69 Å². The Morgan fingerprint density at radius 3 is 2.79 bits per heavy atom. The normalized spacial score (nSPS) is 15.4. The minimum atomic E-state index is 0.0182. The fraction of sp³-hybridized carbons (Fsp3) is 0.150. The Bertz CT molecular complexity index is 998. The Labute approximate surface area is 140 Å². The zero-order valence-corrected chi connectivity index (χ0v) is 13.9. The van der Waals surface area contributed by atoms with Gasteiger partial charge in [0.05, 0.1) is 12.8 Å². The van der Waals surface area contributed by atoms with Crippen LogP contribution >= 0.6 is 0 Å². The van der Waals surface area contributed by atoms with Crippen molar-refractivity contribution in [3.8, 4) is 5.75 Å². The van der Waals surface area contributed by atoms with Gasteiger partial charge in [-0.15, -0.1) is 0 Å². The standard InChI is InChI=1S/C20H18N2O2/c1-12-8-17-15(10-19(12)24-3)13(11-21-17)9-16-14-6-4-5-7-18(14)22(2)20(16)23/h4-11,21H,1-3H3/b16-9+. The molecule has 0 radical (unpaired) electrons. The van der Waals surface area contributed by atoms with Crippen molar-refractivity contribution in [1.82, 2.24) is 4.98 Å². The maximum atomic E-state index is 12.6. The van der Waals surface area contributed by atoms with Gasteiger partial charge >= 0.3 is 0 Å². The van der Waals surface area contributed by atoms with Crippen molar-refractivity contribution in [2.75, 3.05) is 19.1 Å². The van der Waals surface area contributed by atoms with Crippen LogP contribution in [-0.4, -0.2) is 25.0 Å². The van der Waals surface area contributed by atoms with Gasteiger partial charge in [-0.05, 0) is 36.8 Å². The lowest BCUT2D eigenvalue weighted by molar-refractivity contribution is -0.112. The van der Waals surface area contributed by atoms with Gasteiger partial charge in [0.2, 0.25) is 0 Å². The van der Waals surface area contributed by atoms with E-state index in [4.69, 9.17) is 4.74 Å². The van der Waals surface area contributed by atoms with E-state index in [-0.39, 0.29) is 5.91 Å². The monoisotopic (exact) mass is 318 g/mol. The van der Waals surface area contributed by atoms with E-state index >= 15 is 0 Å². The molecular weight excluding hydrogens is 300 g/mol. The number of methoxy groups -OCH3 is 1. The molecule has 24 heavy (non-hydrogen) atoms. The minimum absolute atomic E-state index is 0.0182. The Morgan fingerprint density at radius 1 is 1.21 bits per heavy atom. The highest BCUT2D eigenvalue weighted by Crippen LogP contribution is 2.37. The number of aromatic amines is 1. The fourth-order valence-corrected chi connectivity index (χ4v) is 3.31. The van der Waals surface area contributed by atoms with Gasteiger partial charge in [-0.25, -0.2) is 0 Å². The molecule has 0 atom stereocenters. The zero-order chi connectivity index (χ0) is 16.8. The first-order valence-electron chi connectivity index (χ1n) is 7.85. The zero-order valence-electron chi connectivity index (χ0n) is 13.9. The number of aromatic nitrogens is 1. The average Bonchev–Trinajstić information content (AvgIpc) is 3.09. The van der Waals surface area contributed by atoms with E-state index in [9.17, 15) is 4.79 Å². The van der Waals surface area contributed by atoms with Crippen molar-refractivity contribution in [2.24, 2.45) is 0 Å². The highest BCUT2D eigenvalue weighted by molar-refractivity contribution is 6.36. The average molecular weight is 318 g/mol. The largest absolute Gasteiger partial charge is 0.496 e. The van der Waals surface area contributed by atoms with Gasteiger partial charge in [0.1, 0.15) is 5.75 Å². The van der Waals surface area contributed by atoms with Crippen LogP contribution in [0.25, 0.3) is 22.6 Å². The second-order valence-corrected chi connectivity index (χ2v) is 6.05. The smallest absolute Gasteiger partial charge is 0.258 e. The van der Waals surface area contributed by atoms with Crippen molar-refractivity contribution in [2.45, 2.75) is 6.92 Å². The van der Waals surface area contributed by atoms with Crippen LogP contribution in [0.1, 0.15) is 16.7 Å². The summed E-state index contributed by atoms with van der Waals surface area (Å²) in [6, 6.07) is 11.9. The molecular formula is C20H18N2O2. The first-order chi connectivity index (χ1) is 11.6. The second-order valence-electron chi connectivity index (χ2n) is 6.05. The van der Waals surface area contributed by atoms with E-state index in [1.165, 1.54) is 0 Å². The van der Waals surface area contributed by atoms with Gasteiger partial charge < -0.3 is 14.6 Å². The molecule has 2 heterocycles. The van der Waals surface area contributed by atoms with Gasteiger partial charge in [0.15, 0.2) is 0 Å². The predicted octanol–water partition coefficient (Wildman–Crippen LogP) is 4.00. The molecule has 4 rings (SSSR count). The molecule has 1 aliphatic rings. The minimum Gasteiger partial charge on any atom is -0.496 e. The summed E-state index contributed by atoms with van der Waals surface area (Å²) >= 11 is 0. The quantitative estimate of drug-likeness (QED) is 0.726. The molecule has 4 heteroatoms. The van der Waals surface area contributed by atoms with Crippen molar-refractivity contribution < 1.29 is 9.53 Å². The molecule has 0 bridgehead atoms. The lowest BCUT2D eigenvalue weighted by Crippen LogP contribution is -2.20. The van der Waals surface area contributed by atoms with E-state index in [0.29, 0.717) is 5.57 Å². The number of likely N-dealkylation sites (N-methyl/N-ethyl adjacent to an activating group) is 1. The summed E-state index contributed by atoms with van der Waals surface area (Å²) in [5, 5.41) is 1.05. The highest BCUT2D eigenvalue weighted by atomic mass is 16.5. The fourth-order valence-electron chi connectivity index (χ4n) is 3.31. The molecule has 4 nitrogen and oxygen atoms in total. The highest BCUT2D eigenvalue weighted by Gasteiger charge is 2.29. The maximum Gasteiger partial charge on any atom is 0.258 e. The van der Waals surface area contributed by atoms with Crippen LogP contribution in [0, 0.1) is 6.92 Å². The van der Waals surface area contributed by atoms with Gasteiger partial charge in [-0.3, -0.25) is 4.79 Å². The van der Waals surface area contributed by atoms with Crippen LogP contribution in [0.3, 0.4) is 0 Å². The number of ether oxygens (including phenoxy) is 1. The summed E-state index contributed by atoms with van der Waals surface area (Å²) in [6.45, 7) is 2.02. The second kappa shape index (κ2) is 5.27. The molecule has 0 unspecified atom stereocenters. The number of benzene rings is 2. The summed E-state index contributed by atoms with van der Waals surface area (Å²) in [5.74, 6) is 0.863. The number of hydrogen-bond acceptors (Lipinski definition) is 2. The first kappa shape index (κ1) is 14.6. The van der Waals surface area contributed by atoms with E-state index in [1.54, 1.807) is 12.0 Å². The number of carbonyl (C=O) groups is 1. The molecule has 0 saturated heterocycles. The number of anilines is 1. The van der Waals surface area contributed by atoms with Crippen LogP contribution in [-0.2, 0) is 4.79 Å². The van der Waals surface area contributed by atoms with Crippen LogP contribution < -0.4 is 9.64 Å². The number of H-pyrrole nitrogens is 1. The Balaban J connectivity index is 1.90. The molecule has 3 aromatic rings. The summed E-state index contributed by atoms with van der Waals surface area (Å²) in [4.78, 5) is 17.6. The lowest BCUT2D eigenvalue weighted by atomic mass is 10.0. The first-order valence-corrected chi connectivity index (χ1v) is 7.85. The molecule has 0 saturated carbocycles. The van der Waals surface area contributed by atoms with E-state index in [2.05, 4.69) is 11.1 Å². The number of fused-ring (bicyclic) bond motifs is 2. The molecule has 1 N–H and O–H groups in total. The topological polar surface area (TPSA) is 45.3 Å². The third-order valence-electron chi connectivity index (χ3n) is 4.62. The number of aryl methyl sites for hydroxylation is 1. The molecule has 2 aromatic carbocycles. The lowest BCUT2D eigenvalue weighted by Gasteiger charge is -2.08. The molecule has 1 aliphatic heterocycles. The molecule has 0 aliphatic carbocycles. The Morgan fingerprint density at radius 2 is 2.00 bits per heavy atom. The molecule has 120 valence electrons. The van der Waals surface area contributed by atoms with Gasteiger partial charge in [0, 0.05) is 40.8 Å².